The monoisotopic (exact) mass is 320 g/mol. The maximum Gasteiger partial charge on any atom is 0.132 e. The predicted molar refractivity (Wildman–Crippen MR) is 99.6 cm³/mol. The van der Waals surface area contributed by atoms with Crippen molar-refractivity contribution >= 4 is 11.5 Å². The van der Waals surface area contributed by atoms with Crippen LogP contribution >= 0.6 is 0 Å². The molecule has 1 unspecified atom stereocenters. The number of nitrogens with one attached hydrogen (secondary N) is 1. The van der Waals surface area contributed by atoms with E-state index < -0.39 is 0 Å². The van der Waals surface area contributed by atoms with Crippen molar-refractivity contribution in [3.8, 4) is 0 Å². The molecule has 1 fully saturated rings. The molecule has 24 heavy (non-hydrogen) atoms. The van der Waals surface area contributed by atoms with Crippen molar-refractivity contribution in [3.63, 3.8) is 0 Å². The van der Waals surface area contributed by atoms with Crippen LogP contribution in [0.25, 0.3) is 0 Å². The number of hydrogen-bond donors (Lipinski definition) is 1. The molecule has 0 aliphatic carbocycles. The summed E-state index contributed by atoms with van der Waals surface area (Å²) in [6.07, 6.45) is 7.54. The zero-order chi connectivity index (χ0) is 16.2. The Morgan fingerprint density at radius 3 is 2.58 bits per heavy atom. The molecule has 4 rings (SSSR count). The van der Waals surface area contributed by atoms with Gasteiger partial charge in [0.15, 0.2) is 0 Å². The maximum atomic E-state index is 4.72. The van der Waals surface area contributed by atoms with Gasteiger partial charge in [-0.25, -0.2) is 4.98 Å². The fourth-order valence-corrected chi connectivity index (χ4v) is 3.52. The summed E-state index contributed by atoms with van der Waals surface area (Å²) in [4.78, 5) is 9.38. The predicted octanol–water partition coefficient (Wildman–Crippen LogP) is 3.00. The number of pyridine rings is 1. The van der Waals surface area contributed by atoms with E-state index in [1.165, 1.54) is 11.3 Å². The molecule has 1 saturated heterocycles. The van der Waals surface area contributed by atoms with Crippen LogP contribution in [0.15, 0.2) is 60.9 Å². The molecule has 0 saturated carbocycles. The molecule has 4 nitrogen and oxygen atoms in total. The smallest absolute Gasteiger partial charge is 0.132 e. The van der Waals surface area contributed by atoms with Gasteiger partial charge in [0.2, 0.25) is 0 Å². The summed E-state index contributed by atoms with van der Waals surface area (Å²) in [6.45, 7) is 5.20. The van der Waals surface area contributed by atoms with Crippen molar-refractivity contribution in [1.82, 2.24) is 10.3 Å². The van der Waals surface area contributed by atoms with E-state index >= 15 is 0 Å². The maximum absolute atomic E-state index is 4.72. The van der Waals surface area contributed by atoms with Crippen LogP contribution in [0, 0.1) is 0 Å². The van der Waals surface area contributed by atoms with E-state index in [9.17, 15) is 0 Å². The zero-order valence-electron chi connectivity index (χ0n) is 13.9. The quantitative estimate of drug-likeness (QED) is 0.942. The second-order valence-electron chi connectivity index (χ2n) is 6.49. The molecule has 1 N–H and O–H groups in total. The highest BCUT2D eigenvalue weighted by Gasteiger charge is 2.19. The highest BCUT2D eigenvalue weighted by atomic mass is 15.2. The van der Waals surface area contributed by atoms with Gasteiger partial charge in [-0.05, 0) is 24.1 Å². The molecule has 2 aliphatic heterocycles. The summed E-state index contributed by atoms with van der Waals surface area (Å²) < 4.78 is 0. The van der Waals surface area contributed by atoms with E-state index in [-0.39, 0.29) is 0 Å². The first-order valence-corrected chi connectivity index (χ1v) is 8.80. The minimum atomic E-state index is 0.533. The molecule has 2 aliphatic rings. The van der Waals surface area contributed by atoms with Crippen molar-refractivity contribution in [2.24, 2.45) is 0 Å². The lowest BCUT2D eigenvalue weighted by Gasteiger charge is -2.31. The second kappa shape index (κ2) is 7.05. The van der Waals surface area contributed by atoms with Gasteiger partial charge in [0, 0.05) is 44.8 Å². The number of piperazine rings is 1. The lowest BCUT2D eigenvalue weighted by molar-refractivity contribution is 0.588. The fourth-order valence-electron chi connectivity index (χ4n) is 3.52. The number of hydrogen-bond acceptors (Lipinski definition) is 4. The average Bonchev–Trinajstić information content (AvgIpc) is 2.70. The van der Waals surface area contributed by atoms with Gasteiger partial charge in [-0.3, -0.25) is 0 Å². The normalized spacial score (nSPS) is 21.1. The summed E-state index contributed by atoms with van der Waals surface area (Å²) in [6, 6.07) is 15.1. The van der Waals surface area contributed by atoms with Gasteiger partial charge in [0.1, 0.15) is 5.82 Å². The SMILES string of the molecule is C1=CN(c2ccc(N3CCNCC3)cn2)CC(c2ccccc2)C1. The van der Waals surface area contributed by atoms with Gasteiger partial charge in [0.05, 0.1) is 11.9 Å². The molecular formula is C20H24N4. The number of allylic oxidation sites excluding steroid dienone is 1. The number of nitrogens with zero attached hydrogens (tertiary/aromatic N) is 3. The van der Waals surface area contributed by atoms with Crippen LogP contribution in [0.1, 0.15) is 17.9 Å². The Morgan fingerprint density at radius 2 is 1.83 bits per heavy atom. The van der Waals surface area contributed by atoms with Crippen LogP contribution in [0.5, 0.6) is 0 Å². The Hall–Kier alpha value is -2.33. The fraction of sp³-hybridized carbons (Fsp3) is 0.350. The minimum Gasteiger partial charge on any atom is -0.368 e. The van der Waals surface area contributed by atoms with Crippen LogP contribution in [0.4, 0.5) is 11.5 Å². The highest BCUT2D eigenvalue weighted by Crippen LogP contribution is 2.28. The molecule has 1 aromatic heterocycles. The van der Waals surface area contributed by atoms with E-state index in [4.69, 9.17) is 4.98 Å². The van der Waals surface area contributed by atoms with Crippen LogP contribution in [0.2, 0.25) is 0 Å². The topological polar surface area (TPSA) is 31.4 Å². The molecule has 3 heterocycles. The first-order valence-electron chi connectivity index (χ1n) is 8.80. The van der Waals surface area contributed by atoms with Gasteiger partial charge in [-0.1, -0.05) is 36.4 Å². The third kappa shape index (κ3) is 3.29. The Kier molecular flexibility index (Phi) is 4.47. The Bertz CT molecular complexity index is 675. The van der Waals surface area contributed by atoms with Gasteiger partial charge in [0.25, 0.3) is 0 Å². The summed E-state index contributed by atoms with van der Waals surface area (Å²) in [7, 11) is 0. The van der Waals surface area contributed by atoms with Crippen LogP contribution in [-0.2, 0) is 0 Å². The molecule has 1 atom stereocenters. The number of anilines is 2. The van der Waals surface area contributed by atoms with Crippen molar-refractivity contribution in [1.29, 1.82) is 0 Å². The standard InChI is InChI=1S/C20H24N4/c1-2-5-17(6-3-1)18-7-4-12-24(16-18)20-9-8-19(15-22-20)23-13-10-21-11-14-23/h1-6,8-9,12,15,18,21H,7,10-11,13-14,16H2. The summed E-state index contributed by atoms with van der Waals surface area (Å²) in [5.74, 6) is 1.57. The first kappa shape index (κ1) is 15.2. The molecule has 4 heteroatoms. The average molecular weight is 320 g/mol. The van der Waals surface area contributed by atoms with Crippen molar-refractivity contribution in [2.45, 2.75) is 12.3 Å². The molecule has 1 aromatic carbocycles. The Morgan fingerprint density at radius 1 is 1.00 bits per heavy atom. The molecule has 2 aromatic rings. The van der Waals surface area contributed by atoms with E-state index in [0.29, 0.717) is 5.92 Å². The van der Waals surface area contributed by atoms with E-state index in [2.05, 4.69) is 69.9 Å². The molecular weight excluding hydrogens is 296 g/mol. The largest absolute Gasteiger partial charge is 0.368 e. The molecule has 0 amide bonds. The van der Waals surface area contributed by atoms with Gasteiger partial charge in [-0.2, -0.15) is 0 Å². The van der Waals surface area contributed by atoms with Crippen LogP contribution < -0.4 is 15.1 Å². The second-order valence-corrected chi connectivity index (χ2v) is 6.49. The van der Waals surface area contributed by atoms with Crippen LogP contribution in [0.3, 0.4) is 0 Å². The zero-order valence-corrected chi connectivity index (χ0v) is 13.9. The van der Waals surface area contributed by atoms with Crippen molar-refractivity contribution < 1.29 is 0 Å². The summed E-state index contributed by atoms with van der Waals surface area (Å²) >= 11 is 0. The Labute approximate surface area is 143 Å². The summed E-state index contributed by atoms with van der Waals surface area (Å²) in [5.41, 5.74) is 2.63. The van der Waals surface area contributed by atoms with E-state index in [1.54, 1.807) is 0 Å². The van der Waals surface area contributed by atoms with Crippen molar-refractivity contribution in [2.75, 3.05) is 42.5 Å². The van der Waals surface area contributed by atoms with Gasteiger partial charge >= 0.3 is 0 Å². The highest BCUT2D eigenvalue weighted by molar-refractivity contribution is 5.52. The van der Waals surface area contributed by atoms with E-state index in [1.807, 2.05) is 6.20 Å². The lowest BCUT2D eigenvalue weighted by atomic mass is 9.93. The van der Waals surface area contributed by atoms with E-state index in [0.717, 1.165) is 45.0 Å². The Balaban J connectivity index is 1.47. The molecule has 0 radical (unpaired) electrons. The number of benzene rings is 1. The summed E-state index contributed by atoms with van der Waals surface area (Å²) in [5, 5.41) is 3.39. The molecule has 0 spiro atoms. The third-order valence-corrected chi connectivity index (χ3v) is 4.90. The first-order chi connectivity index (χ1) is 11.9. The minimum absolute atomic E-state index is 0.533. The van der Waals surface area contributed by atoms with Crippen LogP contribution in [-0.4, -0.2) is 37.7 Å². The third-order valence-electron chi connectivity index (χ3n) is 4.90. The van der Waals surface area contributed by atoms with Crippen molar-refractivity contribution in [3.05, 3.63) is 66.5 Å². The lowest BCUT2D eigenvalue weighted by Crippen LogP contribution is -2.43. The van der Waals surface area contributed by atoms with Gasteiger partial charge < -0.3 is 15.1 Å². The number of aromatic nitrogens is 1. The molecule has 124 valence electrons. The van der Waals surface area contributed by atoms with Gasteiger partial charge in [-0.15, -0.1) is 0 Å². The molecule has 0 bridgehead atoms. The number of rotatable bonds is 3.